The van der Waals surface area contributed by atoms with Gasteiger partial charge >= 0.3 is 0 Å². The van der Waals surface area contributed by atoms with Gasteiger partial charge in [-0.1, -0.05) is 13.8 Å². The Morgan fingerprint density at radius 3 is 3.00 bits per heavy atom. The van der Waals surface area contributed by atoms with E-state index in [9.17, 15) is 4.79 Å². The van der Waals surface area contributed by atoms with Crippen molar-refractivity contribution in [1.82, 2.24) is 10.3 Å². The number of hydrogen-bond donors (Lipinski definition) is 2. The van der Waals surface area contributed by atoms with Crippen LogP contribution in [0.25, 0.3) is 0 Å². The van der Waals surface area contributed by atoms with Crippen molar-refractivity contribution in [2.24, 2.45) is 0 Å². The molecule has 110 valence electrons. The van der Waals surface area contributed by atoms with Crippen LogP contribution < -0.4 is 11.1 Å². The van der Waals surface area contributed by atoms with E-state index in [0.29, 0.717) is 24.0 Å². The minimum Gasteiger partial charge on any atom is -0.384 e. The van der Waals surface area contributed by atoms with Crippen molar-refractivity contribution in [3.8, 4) is 0 Å². The first-order valence-electron chi connectivity index (χ1n) is 7.23. The molecule has 1 atom stereocenters. The third-order valence-corrected chi connectivity index (χ3v) is 3.49. The molecule has 1 aliphatic rings. The number of anilines is 1. The van der Waals surface area contributed by atoms with Gasteiger partial charge in [-0.25, -0.2) is 4.98 Å². The lowest BCUT2D eigenvalue weighted by Crippen LogP contribution is -2.27. The zero-order valence-corrected chi connectivity index (χ0v) is 12.2. The lowest BCUT2D eigenvalue weighted by Gasteiger charge is -2.11. The van der Waals surface area contributed by atoms with Gasteiger partial charge in [0.2, 0.25) is 0 Å². The van der Waals surface area contributed by atoms with E-state index in [4.69, 9.17) is 10.5 Å². The van der Waals surface area contributed by atoms with Crippen molar-refractivity contribution >= 4 is 11.7 Å². The fraction of sp³-hybridized carbons (Fsp3) is 0.600. The topological polar surface area (TPSA) is 77.2 Å². The summed E-state index contributed by atoms with van der Waals surface area (Å²) in [5, 5.41) is 2.92. The molecule has 5 nitrogen and oxygen atoms in total. The molecule has 1 saturated heterocycles. The fourth-order valence-electron chi connectivity index (χ4n) is 2.32. The monoisotopic (exact) mass is 277 g/mol. The van der Waals surface area contributed by atoms with Crippen LogP contribution in [-0.4, -0.2) is 30.1 Å². The predicted octanol–water partition coefficient (Wildman–Crippen LogP) is 2.09. The fourth-order valence-corrected chi connectivity index (χ4v) is 2.32. The van der Waals surface area contributed by atoms with Crippen molar-refractivity contribution < 1.29 is 9.53 Å². The van der Waals surface area contributed by atoms with Crippen LogP contribution in [0.5, 0.6) is 0 Å². The van der Waals surface area contributed by atoms with Crippen LogP contribution in [0, 0.1) is 0 Å². The summed E-state index contributed by atoms with van der Waals surface area (Å²) in [5.41, 5.74) is 7.17. The number of hydrogen-bond acceptors (Lipinski definition) is 4. The largest absolute Gasteiger partial charge is 0.384 e. The highest BCUT2D eigenvalue weighted by Crippen LogP contribution is 2.17. The number of carbonyl (C=O) groups is 1. The van der Waals surface area contributed by atoms with Gasteiger partial charge in [-0.15, -0.1) is 0 Å². The van der Waals surface area contributed by atoms with Gasteiger partial charge in [-0.2, -0.15) is 0 Å². The second-order valence-electron chi connectivity index (χ2n) is 5.54. The molecule has 1 amide bonds. The van der Waals surface area contributed by atoms with Crippen LogP contribution in [0.1, 0.15) is 55.1 Å². The van der Waals surface area contributed by atoms with E-state index in [1.54, 1.807) is 6.07 Å². The summed E-state index contributed by atoms with van der Waals surface area (Å²) >= 11 is 0. The number of carbonyl (C=O) groups excluding carboxylic acids is 1. The molecular formula is C15H23N3O2. The van der Waals surface area contributed by atoms with Gasteiger partial charge < -0.3 is 15.8 Å². The van der Waals surface area contributed by atoms with Gasteiger partial charge in [0.25, 0.3) is 5.91 Å². The summed E-state index contributed by atoms with van der Waals surface area (Å²) < 4.78 is 5.53. The van der Waals surface area contributed by atoms with Crippen molar-refractivity contribution in [1.29, 1.82) is 0 Å². The van der Waals surface area contributed by atoms with E-state index in [1.165, 1.54) is 0 Å². The molecule has 0 saturated carbocycles. The van der Waals surface area contributed by atoms with E-state index in [0.717, 1.165) is 31.6 Å². The molecule has 20 heavy (non-hydrogen) atoms. The van der Waals surface area contributed by atoms with Crippen LogP contribution in [0.3, 0.4) is 0 Å². The number of aromatic nitrogens is 1. The Bertz CT molecular complexity index is 468. The normalized spacial score (nSPS) is 18.4. The van der Waals surface area contributed by atoms with Crippen molar-refractivity contribution in [3.05, 3.63) is 23.4 Å². The minimum absolute atomic E-state index is 0.0982. The summed E-state index contributed by atoms with van der Waals surface area (Å²) in [6.07, 6.45) is 3.37. The lowest BCUT2D eigenvalue weighted by molar-refractivity contribution is 0.0907. The highest BCUT2D eigenvalue weighted by molar-refractivity contribution is 5.94. The first-order chi connectivity index (χ1) is 9.56. The Balaban J connectivity index is 1.91. The third kappa shape index (κ3) is 3.93. The van der Waals surface area contributed by atoms with E-state index >= 15 is 0 Å². The average molecular weight is 277 g/mol. The smallest absolute Gasteiger partial charge is 0.251 e. The van der Waals surface area contributed by atoms with E-state index in [2.05, 4.69) is 10.3 Å². The highest BCUT2D eigenvalue weighted by atomic mass is 16.5. The predicted molar refractivity (Wildman–Crippen MR) is 78.7 cm³/mol. The molecule has 1 unspecified atom stereocenters. The van der Waals surface area contributed by atoms with Gasteiger partial charge in [-0.05, 0) is 37.3 Å². The minimum atomic E-state index is -0.0982. The maximum Gasteiger partial charge on any atom is 0.251 e. The number of amides is 1. The molecule has 0 aromatic carbocycles. The highest BCUT2D eigenvalue weighted by Gasteiger charge is 2.16. The van der Waals surface area contributed by atoms with E-state index < -0.39 is 0 Å². The molecule has 0 bridgehead atoms. The number of nitrogens with one attached hydrogen (secondary N) is 1. The molecule has 0 radical (unpaired) electrons. The molecule has 2 rings (SSSR count). The zero-order valence-electron chi connectivity index (χ0n) is 12.2. The number of rotatable bonds is 5. The van der Waals surface area contributed by atoms with Crippen LogP contribution in [0.2, 0.25) is 0 Å². The number of pyridine rings is 1. The number of ether oxygens (including phenoxy) is 1. The number of nitrogens with zero attached hydrogens (tertiary/aromatic N) is 1. The standard InChI is InChI=1S/C15H23N3O2/c1-10(2)13-8-11(9-14(16)18-13)15(19)17-6-5-12-4-3-7-20-12/h8-10,12H,3-7H2,1-2H3,(H2,16,18)(H,17,19). The molecule has 1 fully saturated rings. The molecule has 3 N–H and O–H groups in total. The number of nitrogens with two attached hydrogens (primary N) is 1. The molecular weight excluding hydrogens is 254 g/mol. The second-order valence-corrected chi connectivity index (χ2v) is 5.54. The maximum absolute atomic E-state index is 12.1. The summed E-state index contributed by atoms with van der Waals surface area (Å²) in [6.45, 7) is 5.53. The van der Waals surface area contributed by atoms with Gasteiger partial charge in [0.15, 0.2) is 0 Å². The molecule has 1 aromatic heterocycles. The average Bonchev–Trinajstić information content (AvgIpc) is 2.91. The quantitative estimate of drug-likeness (QED) is 0.864. The molecule has 0 aliphatic carbocycles. The Kier molecular flexibility index (Phi) is 4.95. The van der Waals surface area contributed by atoms with Crippen molar-refractivity contribution in [2.45, 2.75) is 45.1 Å². The van der Waals surface area contributed by atoms with Gasteiger partial charge in [0.1, 0.15) is 5.82 Å². The second kappa shape index (κ2) is 6.70. The van der Waals surface area contributed by atoms with Crippen LogP contribution in [-0.2, 0) is 4.74 Å². The summed E-state index contributed by atoms with van der Waals surface area (Å²) in [7, 11) is 0. The SMILES string of the molecule is CC(C)c1cc(C(=O)NCCC2CCCO2)cc(N)n1. The third-order valence-electron chi connectivity index (χ3n) is 3.49. The molecule has 1 aromatic rings. The molecule has 1 aliphatic heterocycles. The first kappa shape index (κ1) is 14.8. The van der Waals surface area contributed by atoms with Crippen molar-refractivity contribution in [2.75, 3.05) is 18.9 Å². The molecule has 0 spiro atoms. The van der Waals surface area contributed by atoms with Crippen LogP contribution in [0.15, 0.2) is 12.1 Å². The molecule has 5 heteroatoms. The van der Waals surface area contributed by atoms with Crippen molar-refractivity contribution in [3.63, 3.8) is 0 Å². The number of nitrogen functional groups attached to an aromatic ring is 1. The van der Waals surface area contributed by atoms with E-state index in [1.807, 2.05) is 19.9 Å². The summed E-state index contributed by atoms with van der Waals surface area (Å²) in [6, 6.07) is 3.43. The van der Waals surface area contributed by atoms with Gasteiger partial charge in [-0.3, -0.25) is 4.79 Å². The Morgan fingerprint density at radius 1 is 1.55 bits per heavy atom. The van der Waals surface area contributed by atoms with E-state index in [-0.39, 0.29) is 11.8 Å². The summed E-state index contributed by atoms with van der Waals surface area (Å²) in [4.78, 5) is 16.3. The van der Waals surface area contributed by atoms with Crippen LogP contribution in [0.4, 0.5) is 5.82 Å². The Morgan fingerprint density at radius 2 is 2.35 bits per heavy atom. The zero-order chi connectivity index (χ0) is 14.5. The van der Waals surface area contributed by atoms with Crippen LogP contribution >= 0.6 is 0 Å². The Labute approximate surface area is 119 Å². The molecule has 2 heterocycles. The first-order valence-corrected chi connectivity index (χ1v) is 7.23. The van der Waals surface area contributed by atoms with Gasteiger partial charge in [0, 0.05) is 24.4 Å². The maximum atomic E-state index is 12.1. The lowest BCUT2D eigenvalue weighted by atomic mass is 10.1. The Hall–Kier alpha value is -1.62. The summed E-state index contributed by atoms with van der Waals surface area (Å²) in [5.74, 6) is 0.538. The van der Waals surface area contributed by atoms with Gasteiger partial charge in [0.05, 0.1) is 6.10 Å².